The maximum Gasteiger partial charge on any atom is 0.138 e. The van der Waals surface area contributed by atoms with Crippen molar-refractivity contribution in [2.75, 3.05) is 13.1 Å². The molecule has 2 aliphatic heterocycles. The van der Waals surface area contributed by atoms with E-state index in [1.165, 1.54) is 16.8 Å². The molecule has 2 aliphatic rings. The Balaban J connectivity index is 1.48. The Hall–Kier alpha value is -2.04. The van der Waals surface area contributed by atoms with E-state index in [-0.39, 0.29) is 12.1 Å². The highest BCUT2D eigenvalue weighted by Crippen LogP contribution is 2.36. The second-order valence-electron chi connectivity index (χ2n) is 7.64. The van der Waals surface area contributed by atoms with Crippen LogP contribution in [0.4, 0.5) is 0 Å². The topological polar surface area (TPSA) is 36.9 Å². The van der Waals surface area contributed by atoms with Gasteiger partial charge in [-0.1, -0.05) is 48.0 Å². The maximum atomic E-state index is 6.46. The molecule has 0 aliphatic carbocycles. The van der Waals surface area contributed by atoms with E-state index < -0.39 is 0 Å². The van der Waals surface area contributed by atoms with Crippen molar-refractivity contribution in [3.63, 3.8) is 0 Å². The van der Waals surface area contributed by atoms with Gasteiger partial charge in [0.1, 0.15) is 5.75 Å². The van der Waals surface area contributed by atoms with Crippen molar-refractivity contribution >= 4 is 17.3 Å². The average molecular weight is 384 g/mol. The summed E-state index contributed by atoms with van der Waals surface area (Å²) in [7, 11) is 0. The molecule has 0 aromatic heterocycles. The number of piperidine rings is 1. The lowest BCUT2D eigenvalue weighted by Crippen LogP contribution is -2.41. The van der Waals surface area contributed by atoms with Crippen LogP contribution in [-0.4, -0.2) is 29.8 Å². The number of likely N-dealkylation sites (tertiary alicyclic amines) is 1. The van der Waals surface area contributed by atoms with Gasteiger partial charge in [0.15, 0.2) is 0 Å². The summed E-state index contributed by atoms with van der Waals surface area (Å²) in [6, 6.07) is 16.9. The van der Waals surface area contributed by atoms with Crippen molar-refractivity contribution in [3.8, 4) is 5.75 Å². The van der Waals surface area contributed by atoms with Gasteiger partial charge < -0.3 is 10.2 Å². The van der Waals surface area contributed by atoms with E-state index in [1.807, 2.05) is 26.0 Å². The van der Waals surface area contributed by atoms with Gasteiger partial charge in [0.25, 0.3) is 0 Å². The first kappa shape index (κ1) is 18.3. The molecule has 2 aromatic carbocycles. The minimum atomic E-state index is 0.109. The smallest absolute Gasteiger partial charge is 0.138 e. The summed E-state index contributed by atoms with van der Waals surface area (Å²) in [5.41, 5.74) is 7.16. The van der Waals surface area contributed by atoms with Crippen LogP contribution in [0.5, 0.6) is 5.75 Å². The number of nitrogens with one attached hydrogen (secondary N) is 1. The Kier molecular flexibility index (Phi) is 5.37. The molecule has 1 saturated heterocycles. The molecule has 0 bridgehead atoms. The van der Waals surface area contributed by atoms with Crippen LogP contribution in [0.25, 0.3) is 0 Å². The summed E-state index contributed by atoms with van der Waals surface area (Å²) < 4.78 is 5.76. The van der Waals surface area contributed by atoms with E-state index in [4.69, 9.17) is 16.3 Å². The molecule has 2 unspecified atom stereocenters. The summed E-state index contributed by atoms with van der Waals surface area (Å²) in [5.74, 6) is 1.12. The molecule has 4 rings (SSSR count). The Morgan fingerprint density at radius 2 is 2.04 bits per heavy atom. The molecule has 2 atom stereocenters. The monoisotopic (exact) mass is 383 g/mol. The third kappa shape index (κ3) is 4.12. The van der Waals surface area contributed by atoms with Gasteiger partial charge >= 0.3 is 0 Å². The molecule has 2 heterocycles. The zero-order valence-corrected chi connectivity index (χ0v) is 16.6. The molecule has 0 spiro atoms. The SMILES string of the molecule is CC(C)Oc1ccc(C2NN=C3CCN(Cc4ccccc4)CC32)cc1Cl. The van der Waals surface area contributed by atoms with Crippen molar-refractivity contribution in [2.24, 2.45) is 11.0 Å². The molecule has 0 saturated carbocycles. The highest BCUT2D eigenvalue weighted by Gasteiger charge is 2.37. The average Bonchev–Trinajstić information content (AvgIpc) is 3.07. The van der Waals surface area contributed by atoms with Crippen LogP contribution in [0.2, 0.25) is 5.02 Å². The fourth-order valence-corrected chi connectivity index (χ4v) is 4.20. The van der Waals surface area contributed by atoms with Crippen molar-refractivity contribution in [3.05, 3.63) is 64.7 Å². The Bertz CT molecular complexity index is 822. The molecule has 1 fully saturated rings. The second-order valence-corrected chi connectivity index (χ2v) is 8.05. The van der Waals surface area contributed by atoms with Crippen LogP contribution >= 0.6 is 11.6 Å². The third-order valence-electron chi connectivity index (χ3n) is 5.24. The lowest BCUT2D eigenvalue weighted by Gasteiger charge is -2.33. The zero-order chi connectivity index (χ0) is 18.8. The van der Waals surface area contributed by atoms with E-state index >= 15 is 0 Å². The molecule has 2 aromatic rings. The van der Waals surface area contributed by atoms with Crippen LogP contribution in [0, 0.1) is 5.92 Å². The first-order valence-corrected chi connectivity index (χ1v) is 10.0. The molecule has 27 heavy (non-hydrogen) atoms. The lowest BCUT2D eigenvalue weighted by molar-refractivity contribution is 0.220. The van der Waals surface area contributed by atoms with Gasteiger partial charge in [-0.2, -0.15) is 5.10 Å². The van der Waals surface area contributed by atoms with Gasteiger partial charge in [-0.15, -0.1) is 0 Å². The molecular formula is C22H26ClN3O. The summed E-state index contributed by atoms with van der Waals surface area (Å²) in [5, 5.41) is 5.28. The zero-order valence-electron chi connectivity index (χ0n) is 15.9. The van der Waals surface area contributed by atoms with Gasteiger partial charge in [0.2, 0.25) is 0 Å². The van der Waals surface area contributed by atoms with Gasteiger partial charge in [0.05, 0.1) is 17.2 Å². The number of halogens is 1. The Labute approximate surface area is 166 Å². The van der Waals surface area contributed by atoms with Crippen LogP contribution in [0.1, 0.15) is 37.4 Å². The van der Waals surface area contributed by atoms with E-state index in [0.29, 0.717) is 10.9 Å². The van der Waals surface area contributed by atoms with Crippen molar-refractivity contribution < 1.29 is 4.74 Å². The number of fused-ring (bicyclic) bond motifs is 1. The first-order chi connectivity index (χ1) is 13.1. The largest absolute Gasteiger partial charge is 0.489 e. The Morgan fingerprint density at radius 3 is 2.78 bits per heavy atom. The minimum Gasteiger partial charge on any atom is -0.489 e. The summed E-state index contributed by atoms with van der Waals surface area (Å²) >= 11 is 6.46. The van der Waals surface area contributed by atoms with Crippen molar-refractivity contribution in [1.82, 2.24) is 10.3 Å². The van der Waals surface area contributed by atoms with Crippen molar-refractivity contribution in [2.45, 2.75) is 39.0 Å². The fourth-order valence-electron chi connectivity index (χ4n) is 3.96. The number of hydrazone groups is 1. The minimum absolute atomic E-state index is 0.109. The summed E-state index contributed by atoms with van der Waals surface area (Å²) in [4.78, 5) is 2.52. The van der Waals surface area contributed by atoms with Crippen LogP contribution in [-0.2, 0) is 6.54 Å². The maximum absolute atomic E-state index is 6.46. The summed E-state index contributed by atoms with van der Waals surface area (Å²) in [6.45, 7) is 7.06. The molecule has 1 N–H and O–H groups in total. The highest BCUT2D eigenvalue weighted by atomic mass is 35.5. The first-order valence-electron chi connectivity index (χ1n) is 9.64. The van der Waals surface area contributed by atoms with Gasteiger partial charge in [-0.05, 0) is 37.1 Å². The molecule has 4 nitrogen and oxygen atoms in total. The van der Waals surface area contributed by atoms with Gasteiger partial charge in [-0.3, -0.25) is 4.90 Å². The number of hydrogen-bond donors (Lipinski definition) is 1. The molecule has 0 radical (unpaired) electrons. The third-order valence-corrected chi connectivity index (χ3v) is 5.54. The highest BCUT2D eigenvalue weighted by molar-refractivity contribution is 6.32. The molecule has 0 amide bonds. The quantitative estimate of drug-likeness (QED) is 0.816. The standard InChI is InChI=1S/C22H26ClN3O/c1-15(2)27-21-9-8-17(12-19(21)23)22-18-14-26(11-10-20(18)24-25-22)13-16-6-4-3-5-7-16/h3-9,12,15,18,22,25H,10-11,13-14H2,1-2H3. The second kappa shape index (κ2) is 7.91. The fraction of sp³-hybridized carbons (Fsp3) is 0.409. The molecular weight excluding hydrogens is 358 g/mol. The van der Waals surface area contributed by atoms with Crippen LogP contribution in [0.3, 0.4) is 0 Å². The predicted octanol–water partition coefficient (Wildman–Crippen LogP) is 4.65. The van der Waals surface area contributed by atoms with E-state index in [0.717, 1.165) is 31.8 Å². The predicted molar refractivity (Wildman–Crippen MR) is 110 cm³/mol. The lowest BCUT2D eigenvalue weighted by atomic mass is 9.86. The number of ether oxygens (including phenoxy) is 1. The van der Waals surface area contributed by atoms with Crippen LogP contribution < -0.4 is 10.2 Å². The number of rotatable bonds is 5. The number of benzene rings is 2. The number of nitrogens with zero attached hydrogens (tertiary/aromatic N) is 2. The molecule has 5 heteroatoms. The van der Waals surface area contributed by atoms with Crippen LogP contribution in [0.15, 0.2) is 53.6 Å². The van der Waals surface area contributed by atoms with E-state index in [9.17, 15) is 0 Å². The number of hydrogen-bond acceptors (Lipinski definition) is 4. The van der Waals surface area contributed by atoms with E-state index in [2.05, 4.69) is 51.8 Å². The normalized spacial score (nSPS) is 22.3. The molecule has 142 valence electrons. The van der Waals surface area contributed by atoms with E-state index in [1.54, 1.807) is 0 Å². The Morgan fingerprint density at radius 1 is 1.22 bits per heavy atom. The van der Waals surface area contributed by atoms with Gasteiger partial charge in [0, 0.05) is 37.7 Å². The van der Waals surface area contributed by atoms with Gasteiger partial charge in [-0.25, -0.2) is 0 Å². The van der Waals surface area contributed by atoms with Crippen molar-refractivity contribution in [1.29, 1.82) is 0 Å². The summed E-state index contributed by atoms with van der Waals surface area (Å²) in [6.07, 6.45) is 1.13.